The van der Waals surface area contributed by atoms with Crippen molar-refractivity contribution in [3.8, 4) is 0 Å². The Morgan fingerprint density at radius 1 is 1.48 bits per heavy atom. The van der Waals surface area contributed by atoms with Crippen molar-refractivity contribution in [2.45, 2.75) is 31.2 Å². The Hall–Kier alpha value is -1.12. The highest BCUT2D eigenvalue weighted by Crippen LogP contribution is 2.30. The summed E-state index contributed by atoms with van der Waals surface area (Å²) < 4.78 is 27.5. The molecule has 0 aromatic heterocycles. The molecule has 1 unspecified atom stereocenters. The number of carbonyl (C=O) groups is 1. The van der Waals surface area contributed by atoms with Gasteiger partial charge >= 0.3 is 0 Å². The van der Waals surface area contributed by atoms with Crippen molar-refractivity contribution in [1.29, 1.82) is 0 Å². The third-order valence-electron chi connectivity index (χ3n) is 3.54. The SMILES string of the molecule is CC(=O)NC1CCN(S(=O)(=O)c2cc(Br)cc(N)c2C)C1. The van der Waals surface area contributed by atoms with Gasteiger partial charge in [-0.1, -0.05) is 15.9 Å². The molecule has 116 valence electrons. The smallest absolute Gasteiger partial charge is 0.243 e. The van der Waals surface area contributed by atoms with Gasteiger partial charge in [0.1, 0.15) is 0 Å². The maximum atomic E-state index is 12.7. The molecule has 0 bridgehead atoms. The van der Waals surface area contributed by atoms with E-state index in [1.54, 1.807) is 19.1 Å². The van der Waals surface area contributed by atoms with E-state index in [9.17, 15) is 13.2 Å². The average molecular weight is 376 g/mol. The standard InChI is InChI=1S/C13H18BrN3O3S/c1-8-12(15)5-10(14)6-13(8)21(19,20)17-4-3-11(7-17)16-9(2)18/h5-6,11H,3-4,7,15H2,1-2H3,(H,16,18). The number of benzene rings is 1. The summed E-state index contributed by atoms with van der Waals surface area (Å²) in [5, 5.41) is 2.75. The molecule has 8 heteroatoms. The normalized spacial score (nSPS) is 19.7. The molecule has 1 aliphatic heterocycles. The van der Waals surface area contributed by atoms with Crippen LogP contribution in [0, 0.1) is 6.92 Å². The molecule has 1 fully saturated rings. The van der Waals surface area contributed by atoms with Crippen molar-refractivity contribution < 1.29 is 13.2 Å². The molecule has 1 heterocycles. The maximum Gasteiger partial charge on any atom is 0.243 e. The molecule has 2 rings (SSSR count). The van der Waals surface area contributed by atoms with Gasteiger partial charge < -0.3 is 11.1 Å². The van der Waals surface area contributed by atoms with Crippen LogP contribution in [0.5, 0.6) is 0 Å². The molecular formula is C13H18BrN3O3S. The Morgan fingerprint density at radius 3 is 2.76 bits per heavy atom. The van der Waals surface area contributed by atoms with Crippen LogP contribution in [0.15, 0.2) is 21.5 Å². The quantitative estimate of drug-likeness (QED) is 0.777. The average Bonchev–Trinajstić information content (AvgIpc) is 2.81. The predicted octanol–water partition coefficient (Wildman–Crippen LogP) is 1.24. The van der Waals surface area contributed by atoms with Gasteiger partial charge in [0.2, 0.25) is 15.9 Å². The van der Waals surface area contributed by atoms with Gasteiger partial charge in [-0.3, -0.25) is 4.79 Å². The summed E-state index contributed by atoms with van der Waals surface area (Å²) in [5.41, 5.74) is 6.81. The first kappa shape index (κ1) is 16.3. The minimum absolute atomic E-state index is 0.137. The van der Waals surface area contributed by atoms with Gasteiger partial charge in [-0.25, -0.2) is 8.42 Å². The summed E-state index contributed by atoms with van der Waals surface area (Å²) in [4.78, 5) is 11.3. The van der Waals surface area contributed by atoms with Crippen molar-refractivity contribution in [3.63, 3.8) is 0 Å². The number of nitrogens with two attached hydrogens (primary N) is 1. The van der Waals surface area contributed by atoms with Crippen LogP contribution >= 0.6 is 15.9 Å². The fourth-order valence-corrected chi connectivity index (χ4v) is 4.84. The lowest BCUT2D eigenvalue weighted by atomic mass is 10.2. The van der Waals surface area contributed by atoms with E-state index in [1.165, 1.54) is 11.2 Å². The Morgan fingerprint density at radius 2 is 2.14 bits per heavy atom. The number of halogens is 1. The lowest BCUT2D eigenvalue weighted by Gasteiger charge is -2.19. The third-order valence-corrected chi connectivity index (χ3v) is 5.99. The Balaban J connectivity index is 2.30. The molecule has 0 radical (unpaired) electrons. The van der Waals surface area contributed by atoms with E-state index < -0.39 is 10.0 Å². The van der Waals surface area contributed by atoms with Gasteiger partial charge in [-0.15, -0.1) is 0 Å². The number of anilines is 1. The Labute approximate surface area is 132 Å². The molecule has 1 aliphatic rings. The molecule has 1 aromatic rings. The molecule has 1 aromatic carbocycles. The number of amides is 1. The van der Waals surface area contributed by atoms with Crippen molar-refractivity contribution in [2.24, 2.45) is 0 Å². The number of hydrogen-bond acceptors (Lipinski definition) is 4. The van der Waals surface area contributed by atoms with Gasteiger partial charge in [-0.2, -0.15) is 4.31 Å². The first-order valence-corrected chi connectivity index (χ1v) is 8.78. The van der Waals surface area contributed by atoms with Crippen molar-refractivity contribution in [3.05, 3.63) is 22.2 Å². The fraction of sp³-hybridized carbons (Fsp3) is 0.462. The minimum atomic E-state index is -3.61. The highest BCUT2D eigenvalue weighted by molar-refractivity contribution is 9.10. The molecule has 0 saturated carbocycles. The summed E-state index contributed by atoms with van der Waals surface area (Å²) in [6.07, 6.45) is 0.612. The van der Waals surface area contributed by atoms with Gasteiger partial charge in [-0.05, 0) is 31.0 Å². The molecule has 21 heavy (non-hydrogen) atoms. The summed E-state index contributed by atoms with van der Waals surface area (Å²) in [6, 6.07) is 3.10. The van der Waals surface area contributed by atoms with Crippen LogP contribution in [0.25, 0.3) is 0 Å². The van der Waals surface area contributed by atoms with Crippen LogP contribution in [-0.4, -0.2) is 37.8 Å². The number of nitrogens with zero attached hydrogens (tertiary/aromatic N) is 1. The van der Waals surface area contributed by atoms with Crippen molar-refractivity contribution in [1.82, 2.24) is 9.62 Å². The molecule has 6 nitrogen and oxygen atoms in total. The maximum absolute atomic E-state index is 12.7. The molecule has 1 amide bonds. The number of carbonyl (C=O) groups excluding carboxylic acids is 1. The van der Waals surface area contributed by atoms with Crippen LogP contribution in [0.1, 0.15) is 18.9 Å². The van der Waals surface area contributed by atoms with Crippen molar-refractivity contribution >= 4 is 37.5 Å². The molecular weight excluding hydrogens is 358 g/mol. The lowest BCUT2D eigenvalue weighted by molar-refractivity contribution is -0.119. The van der Waals surface area contributed by atoms with E-state index in [2.05, 4.69) is 21.2 Å². The van der Waals surface area contributed by atoms with E-state index in [-0.39, 0.29) is 23.4 Å². The van der Waals surface area contributed by atoms with Crippen molar-refractivity contribution in [2.75, 3.05) is 18.8 Å². The van der Waals surface area contributed by atoms with Gasteiger partial charge in [0, 0.05) is 36.2 Å². The number of rotatable bonds is 3. The van der Waals surface area contributed by atoms with E-state index in [0.29, 0.717) is 28.7 Å². The number of nitrogen functional groups attached to an aromatic ring is 1. The summed E-state index contributed by atoms with van der Waals surface area (Å²) >= 11 is 3.27. The first-order chi connectivity index (χ1) is 9.71. The fourth-order valence-electron chi connectivity index (χ4n) is 2.43. The summed E-state index contributed by atoms with van der Waals surface area (Å²) in [6.45, 7) is 3.79. The Kier molecular flexibility index (Phi) is 4.60. The van der Waals surface area contributed by atoms with E-state index >= 15 is 0 Å². The van der Waals surface area contributed by atoms with Crippen LogP contribution in [0.4, 0.5) is 5.69 Å². The molecule has 3 N–H and O–H groups in total. The predicted molar refractivity (Wildman–Crippen MR) is 84.3 cm³/mol. The highest BCUT2D eigenvalue weighted by atomic mass is 79.9. The molecule has 1 atom stereocenters. The van der Waals surface area contributed by atoms with Crippen LogP contribution in [-0.2, 0) is 14.8 Å². The summed E-state index contributed by atoms with van der Waals surface area (Å²) in [7, 11) is -3.61. The van der Waals surface area contributed by atoms with Crippen LogP contribution in [0.2, 0.25) is 0 Å². The zero-order chi connectivity index (χ0) is 15.8. The van der Waals surface area contributed by atoms with Crippen LogP contribution < -0.4 is 11.1 Å². The number of hydrogen-bond donors (Lipinski definition) is 2. The Bertz CT molecular complexity index is 675. The topological polar surface area (TPSA) is 92.5 Å². The first-order valence-electron chi connectivity index (χ1n) is 6.54. The van der Waals surface area contributed by atoms with E-state index in [1.807, 2.05) is 0 Å². The second kappa shape index (κ2) is 5.94. The zero-order valence-corrected chi connectivity index (χ0v) is 14.3. The molecule has 0 aliphatic carbocycles. The number of nitrogens with one attached hydrogen (secondary N) is 1. The van der Waals surface area contributed by atoms with Gasteiger partial charge in [0.25, 0.3) is 0 Å². The summed E-state index contributed by atoms with van der Waals surface area (Å²) in [5.74, 6) is -0.151. The van der Waals surface area contributed by atoms with Gasteiger partial charge in [0.15, 0.2) is 0 Å². The molecule has 1 saturated heterocycles. The number of sulfonamides is 1. The molecule has 0 spiro atoms. The van der Waals surface area contributed by atoms with Crippen LogP contribution in [0.3, 0.4) is 0 Å². The highest BCUT2D eigenvalue weighted by Gasteiger charge is 2.34. The lowest BCUT2D eigenvalue weighted by Crippen LogP contribution is -2.37. The largest absolute Gasteiger partial charge is 0.398 e. The van der Waals surface area contributed by atoms with E-state index in [0.717, 1.165) is 0 Å². The second-order valence-corrected chi connectivity index (χ2v) is 7.99. The minimum Gasteiger partial charge on any atom is -0.398 e. The third kappa shape index (κ3) is 3.38. The monoisotopic (exact) mass is 375 g/mol. The second-order valence-electron chi connectivity index (χ2n) is 5.17. The van der Waals surface area contributed by atoms with Gasteiger partial charge in [0.05, 0.1) is 4.90 Å². The van der Waals surface area contributed by atoms with E-state index in [4.69, 9.17) is 5.73 Å². The zero-order valence-electron chi connectivity index (χ0n) is 11.9.